The van der Waals surface area contributed by atoms with Crippen LogP contribution in [-0.4, -0.2) is 50.5 Å². The van der Waals surface area contributed by atoms with Gasteiger partial charge in [-0.1, -0.05) is 19.9 Å². The Morgan fingerprint density at radius 3 is 2.61 bits per heavy atom. The maximum Gasteiger partial charge on any atom is 0.290 e. The Morgan fingerprint density at radius 1 is 1.50 bits per heavy atom. The maximum absolute atomic E-state index is 11.7. The van der Waals surface area contributed by atoms with Crippen molar-refractivity contribution in [3.05, 3.63) is 12.2 Å². The molecule has 1 amide bonds. The van der Waals surface area contributed by atoms with Gasteiger partial charge >= 0.3 is 0 Å². The van der Waals surface area contributed by atoms with E-state index in [0.717, 1.165) is 12.8 Å². The summed E-state index contributed by atoms with van der Waals surface area (Å²) in [5.74, 6) is -0.237. The molecule has 18 heavy (non-hydrogen) atoms. The molecule has 106 valence electrons. The second-order valence-electron chi connectivity index (χ2n) is 5.14. The number of carbonyl (C=O) groups excluding carboxylic acids is 1. The fourth-order valence-corrected chi connectivity index (χ4v) is 1.44. The summed E-state index contributed by atoms with van der Waals surface area (Å²) in [4.78, 5) is 11.5. The summed E-state index contributed by atoms with van der Waals surface area (Å²) in [5.41, 5.74) is 3.16. The second-order valence-corrected chi connectivity index (χ2v) is 5.14. The van der Waals surface area contributed by atoms with E-state index in [1.807, 2.05) is 0 Å². The third kappa shape index (κ3) is 8.22. The van der Waals surface area contributed by atoms with Crippen LogP contribution in [0.25, 0.3) is 0 Å². The van der Waals surface area contributed by atoms with Gasteiger partial charge in [-0.25, -0.2) is 4.59 Å². The van der Waals surface area contributed by atoms with Crippen molar-refractivity contribution in [3.63, 3.8) is 0 Å². The largest absolute Gasteiger partial charge is 0.846 e. The normalized spacial score (nSPS) is 13.2. The van der Waals surface area contributed by atoms with Gasteiger partial charge in [-0.05, 0) is 19.4 Å². The van der Waals surface area contributed by atoms with E-state index in [-0.39, 0.29) is 23.7 Å². The highest BCUT2D eigenvalue weighted by molar-refractivity contribution is 5.91. The summed E-state index contributed by atoms with van der Waals surface area (Å²) < 4.78 is 5.42. The first-order chi connectivity index (χ1) is 8.28. The van der Waals surface area contributed by atoms with E-state index in [4.69, 9.17) is 4.74 Å². The van der Waals surface area contributed by atoms with Crippen LogP contribution in [0.15, 0.2) is 12.2 Å². The molecule has 0 heterocycles. The van der Waals surface area contributed by atoms with Crippen LogP contribution in [-0.2, 0) is 9.53 Å². The minimum absolute atomic E-state index is 0.136. The number of quaternary nitrogens is 1. The number of carbonyl (C=O) groups is 1. The zero-order chi connectivity index (χ0) is 14.2. The lowest BCUT2D eigenvalue weighted by Crippen LogP contribution is -2.60. The molecule has 0 aliphatic rings. The predicted molar refractivity (Wildman–Crippen MR) is 69.4 cm³/mol. The van der Waals surface area contributed by atoms with Crippen molar-refractivity contribution >= 4 is 5.91 Å². The molecule has 0 saturated carbocycles. The first-order valence-corrected chi connectivity index (χ1v) is 6.33. The number of hydrogen-bond acceptors (Lipinski definition) is 3. The van der Waals surface area contributed by atoms with E-state index < -0.39 is 6.10 Å². The van der Waals surface area contributed by atoms with E-state index in [2.05, 4.69) is 18.9 Å². The van der Waals surface area contributed by atoms with Crippen LogP contribution in [0.3, 0.4) is 0 Å². The molecule has 0 aromatic heterocycles. The SMILES string of the molecule is C=C(C)C(=O)N[N+](C)(C)CC([O-])COCCCC. The van der Waals surface area contributed by atoms with Gasteiger partial charge in [-0.15, -0.1) is 0 Å². The van der Waals surface area contributed by atoms with E-state index in [1.165, 1.54) is 0 Å². The van der Waals surface area contributed by atoms with Crippen molar-refractivity contribution in [1.82, 2.24) is 5.43 Å². The number of likely N-dealkylation sites (N-methyl/N-ethyl adjacent to an activating group) is 1. The standard InChI is InChI=1S/C13H26N2O3/c1-6-7-8-18-10-12(16)9-15(4,5)14-13(17)11(2)3/h12H,2,6-10H2,1,3-5H3,(H,14,17). The van der Waals surface area contributed by atoms with Crippen molar-refractivity contribution in [1.29, 1.82) is 0 Å². The van der Waals surface area contributed by atoms with Gasteiger partial charge in [0.2, 0.25) is 0 Å². The predicted octanol–water partition coefficient (Wildman–Crippen LogP) is 0.216. The summed E-state index contributed by atoms with van der Waals surface area (Å²) >= 11 is 0. The minimum Gasteiger partial charge on any atom is -0.846 e. The lowest BCUT2D eigenvalue weighted by molar-refractivity contribution is -0.933. The molecule has 0 rings (SSSR count). The number of nitrogens with one attached hydrogen (secondary N) is 1. The van der Waals surface area contributed by atoms with Crippen molar-refractivity contribution in [2.24, 2.45) is 0 Å². The molecular formula is C13H26N2O3. The summed E-state index contributed by atoms with van der Waals surface area (Å²) in [6.45, 7) is 8.37. The Kier molecular flexibility index (Phi) is 7.82. The van der Waals surface area contributed by atoms with E-state index in [9.17, 15) is 9.90 Å². The smallest absolute Gasteiger partial charge is 0.290 e. The molecule has 0 aromatic carbocycles. The van der Waals surface area contributed by atoms with Crippen molar-refractivity contribution in [2.45, 2.75) is 32.8 Å². The molecular weight excluding hydrogens is 232 g/mol. The maximum atomic E-state index is 11.7. The summed E-state index contributed by atoms with van der Waals surface area (Å²) in [6.07, 6.45) is 1.18. The van der Waals surface area contributed by atoms with Crippen LogP contribution in [0, 0.1) is 0 Å². The minimum atomic E-state index is -0.845. The Bertz CT molecular complexity index is 277. The number of hydrogen-bond donors (Lipinski definition) is 1. The molecule has 1 N–H and O–H groups in total. The highest BCUT2D eigenvalue weighted by atomic mass is 16.5. The van der Waals surface area contributed by atoms with Gasteiger partial charge in [-0.3, -0.25) is 4.79 Å². The molecule has 0 fully saturated rings. The third-order valence-electron chi connectivity index (χ3n) is 2.40. The van der Waals surface area contributed by atoms with E-state index in [0.29, 0.717) is 12.2 Å². The van der Waals surface area contributed by atoms with Crippen LogP contribution in [0.4, 0.5) is 0 Å². The quantitative estimate of drug-likeness (QED) is 0.278. The Labute approximate surface area is 110 Å². The van der Waals surface area contributed by atoms with Crippen molar-refractivity contribution < 1.29 is 19.2 Å². The molecule has 0 spiro atoms. The van der Waals surface area contributed by atoms with Gasteiger partial charge in [0, 0.05) is 18.8 Å². The number of nitrogens with zero attached hydrogens (tertiary/aromatic N) is 1. The summed E-state index contributed by atoms with van der Waals surface area (Å²) in [6, 6.07) is 0. The van der Waals surface area contributed by atoms with Gasteiger partial charge < -0.3 is 9.84 Å². The highest BCUT2D eigenvalue weighted by Gasteiger charge is 2.20. The number of unbranched alkanes of at least 4 members (excludes halogenated alkanes) is 1. The Balaban J connectivity index is 3.99. The first kappa shape index (κ1) is 17.1. The van der Waals surface area contributed by atoms with Gasteiger partial charge in [0.25, 0.3) is 5.91 Å². The topological polar surface area (TPSA) is 61.4 Å². The molecule has 0 radical (unpaired) electrons. The van der Waals surface area contributed by atoms with Crippen LogP contribution in [0.1, 0.15) is 26.7 Å². The zero-order valence-electron chi connectivity index (χ0n) is 12.0. The molecule has 0 aliphatic carbocycles. The highest BCUT2D eigenvalue weighted by Crippen LogP contribution is 1.98. The molecule has 5 nitrogen and oxygen atoms in total. The number of amides is 1. The van der Waals surface area contributed by atoms with Gasteiger partial charge in [-0.2, -0.15) is 5.43 Å². The van der Waals surface area contributed by atoms with Crippen LogP contribution >= 0.6 is 0 Å². The lowest BCUT2D eigenvalue weighted by atomic mass is 10.3. The Morgan fingerprint density at radius 2 is 2.11 bits per heavy atom. The number of ether oxygens (including phenoxy) is 1. The molecule has 0 bridgehead atoms. The lowest BCUT2D eigenvalue weighted by Gasteiger charge is -2.35. The van der Waals surface area contributed by atoms with Gasteiger partial charge in [0.05, 0.1) is 20.6 Å². The van der Waals surface area contributed by atoms with E-state index >= 15 is 0 Å². The molecule has 0 aliphatic heterocycles. The van der Waals surface area contributed by atoms with Crippen LogP contribution in [0.2, 0.25) is 0 Å². The monoisotopic (exact) mass is 258 g/mol. The molecule has 5 heteroatoms. The van der Waals surface area contributed by atoms with Crippen molar-refractivity contribution in [2.75, 3.05) is 33.9 Å². The molecule has 0 saturated heterocycles. The zero-order valence-corrected chi connectivity index (χ0v) is 12.0. The Hall–Kier alpha value is -0.910. The molecule has 1 unspecified atom stereocenters. The molecule has 0 aromatic rings. The fourth-order valence-electron chi connectivity index (χ4n) is 1.44. The third-order valence-corrected chi connectivity index (χ3v) is 2.40. The average Bonchev–Trinajstić information content (AvgIpc) is 2.22. The number of rotatable bonds is 9. The van der Waals surface area contributed by atoms with Gasteiger partial charge in [0.15, 0.2) is 0 Å². The first-order valence-electron chi connectivity index (χ1n) is 6.33. The van der Waals surface area contributed by atoms with Gasteiger partial charge in [0.1, 0.15) is 0 Å². The van der Waals surface area contributed by atoms with Crippen LogP contribution < -0.4 is 10.5 Å². The van der Waals surface area contributed by atoms with E-state index in [1.54, 1.807) is 21.0 Å². The molecule has 1 atom stereocenters. The summed E-state index contributed by atoms with van der Waals surface area (Å²) in [5, 5.41) is 11.7. The van der Waals surface area contributed by atoms with Crippen LogP contribution in [0.5, 0.6) is 0 Å². The fraction of sp³-hybridized carbons (Fsp3) is 0.769. The average molecular weight is 258 g/mol. The summed E-state index contributed by atoms with van der Waals surface area (Å²) in [7, 11) is 3.55. The second kappa shape index (κ2) is 8.24. The van der Waals surface area contributed by atoms with Crippen molar-refractivity contribution in [3.8, 4) is 0 Å².